The highest BCUT2D eigenvalue weighted by atomic mass is 16.5. The molecular weight excluding hydrogens is 264 g/mol. The molecule has 0 N–H and O–H groups in total. The van der Waals surface area contributed by atoms with E-state index in [-0.39, 0.29) is 0 Å². The minimum absolute atomic E-state index is 0.636. The Labute approximate surface area is 125 Å². The Bertz CT molecular complexity index is 537. The van der Waals surface area contributed by atoms with E-state index in [9.17, 15) is 4.79 Å². The van der Waals surface area contributed by atoms with Crippen molar-refractivity contribution >= 4 is 6.29 Å². The molecule has 0 saturated heterocycles. The molecule has 0 saturated carbocycles. The Kier molecular flexibility index (Phi) is 6.49. The number of hydrogen-bond donors (Lipinski definition) is 0. The fraction of sp³-hybridized carbons (Fsp3) is 0.278. The van der Waals surface area contributed by atoms with Gasteiger partial charge in [0.15, 0.2) is 0 Å². The summed E-state index contributed by atoms with van der Waals surface area (Å²) < 4.78 is 11.2. The van der Waals surface area contributed by atoms with Crippen LogP contribution in [-0.2, 0) is 11.3 Å². The van der Waals surface area contributed by atoms with Crippen molar-refractivity contribution in [3.63, 3.8) is 0 Å². The van der Waals surface area contributed by atoms with Gasteiger partial charge in [-0.1, -0.05) is 42.5 Å². The molecule has 0 spiro atoms. The van der Waals surface area contributed by atoms with Crippen LogP contribution in [0.2, 0.25) is 0 Å². The Balaban J connectivity index is 1.55. The zero-order chi connectivity index (χ0) is 14.8. The molecule has 3 heteroatoms. The van der Waals surface area contributed by atoms with Gasteiger partial charge in [0.1, 0.15) is 12.0 Å². The molecule has 0 aliphatic carbocycles. The van der Waals surface area contributed by atoms with Crippen LogP contribution < -0.4 is 4.74 Å². The first-order valence-electron chi connectivity index (χ1n) is 7.18. The predicted molar refractivity (Wildman–Crippen MR) is 82.7 cm³/mol. The van der Waals surface area contributed by atoms with Crippen molar-refractivity contribution < 1.29 is 14.3 Å². The average molecular weight is 284 g/mol. The number of benzene rings is 2. The molecule has 0 bridgehead atoms. The number of hydrogen-bond acceptors (Lipinski definition) is 3. The fourth-order valence-electron chi connectivity index (χ4n) is 1.94. The molecule has 110 valence electrons. The van der Waals surface area contributed by atoms with E-state index in [1.807, 2.05) is 30.3 Å². The summed E-state index contributed by atoms with van der Waals surface area (Å²) in [7, 11) is 0. The molecule has 0 aliphatic rings. The third-order valence-corrected chi connectivity index (χ3v) is 3.06. The van der Waals surface area contributed by atoms with Crippen LogP contribution in [0.4, 0.5) is 0 Å². The van der Waals surface area contributed by atoms with Gasteiger partial charge in [-0.25, -0.2) is 0 Å². The molecule has 0 unspecified atom stereocenters. The van der Waals surface area contributed by atoms with E-state index in [1.54, 1.807) is 12.1 Å². The number of rotatable bonds is 9. The van der Waals surface area contributed by atoms with Gasteiger partial charge >= 0.3 is 0 Å². The van der Waals surface area contributed by atoms with Crippen LogP contribution in [0.1, 0.15) is 28.8 Å². The molecular formula is C18H20O3. The third kappa shape index (κ3) is 5.79. The summed E-state index contributed by atoms with van der Waals surface area (Å²) >= 11 is 0. The second kappa shape index (κ2) is 8.93. The average Bonchev–Trinajstić information content (AvgIpc) is 2.55. The maximum atomic E-state index is 10.7. The van der Waals surface area contributed by atoms with E-state index < -0.39 is 0 Å². The summed E-state index contributed by atoms with van der Waals surface area (Å²) in [5.74, 6) is 0.741. The van der Waals surface area contributed by atoms with Crippen molar-refractivity contribution in [2.75, 3.05) is 13.2 Å². The number of unbranched alkanes of at least 4 members (excludes halogenated alkanes) is 1. The van der Waals surface area contributed by atoms with Crippen molar-refractivity contribution in [3.8, 4) is 5.75 Å². The van der Waals surface area contributed by atoms with Gasteiger partial charge in [-0.05, 0) is 30.5 Å². The molecule has 0 atom stereocenters. The number of aldehydes is 1. The minimum atomic E-state index is 0.636. The van der Waals surface area contributed by atoms with Crippen molar-refractivity contribution in [2.45, 2.75) is 19.4 Å². The highest BCUT2D eigenvalue weighted by molar-refractivity contribution is 5.75. The Hall–Kier alpha value is -2.13. The Morgan fingerprint density at radius 1 is 0.905 bits per heavy atom. The standard InChI is InChI=1S/C18H20O3/c19-14-17-9-6-10-18(13-17)21-12-5-4-11-20-15-16-7-2-1-3-8-16/h1-3,6-10,13-14H,4-5,11-12,15H2. The van der Waals surface area contributed by atoms with Crippen LogP contribution in [0.15, 0.2) is 54.6 Å². The normalized spacial score (nSPS) is 10.3. The quantitative estimate of drug-likeness (QED) is 0.518. The number of carbonyl (C=O) groups is 1. The van der Waals surface area contributed by atoms with Gasteiger partial charge in [0.05, 0.1) is 13.2 Å². The van der Waals surface area contributed by atoms with E-state index >= 15 is 0 Å². The van der Waals surface area contributed by atoms with Crippen LogP contribution in [0.3, 0.4) is 0 Å². The molecule has 2 rings (SSSR count). The van der Waals surface area contributed by atoms with Gasteiger partial charge in [-0.3, -0.25) is 4.79 Å². The molecule has 2 aromatic rings. The van der Waals surface area contributed by atoms with Crippen molar-refractivity contribution in [1.82, 2.24) is 0 Å². The smallest absolute Gasteiger partial charge is 0.150 e. The second-order valence-electron chi connectivity index (χ2n) is 4.78. The lowest BCUT2D eigenvalue weighted by molar-refractivity contribution is 0.112. The van der Waals surface area contributed by atoms with Crippen LogP contribution >= 0.6 is 0 Å². The van der Waals surface area contributed by atoms with Crippen LogP contribution in [-0.4, -0.2) is 19.5 Å². The monoisotopic (exact) mass is 284 g/mol. The first-order valence-corrected chi connectivity index (χ1v) is 7.18. The molecule has 0 fully saturated rings. The zero-order valence-electron chi connectivity index (χ0n) is 12.0. The van der Waals surface area contributed by atoms with Gasteiger partial charge < -0.3 is 9.47 Å². The lowest BCUT2D eigenvalue weighted by atomic mass is 10.2. The highest BCUT2D eigenvalue weighted by Crippen LogP contribution is 2.12. The Morgan fingerprint density at radius 3 is 2.52 bits per heavy atom. The van der Waals surface area contributed by atoms with E-state index in [0.717, 1.165) is 31.5 Å². The van der Waals surface area contributed by atoms with Crippen LogP contribution in [0.25, 0.3) is 0 Å². The van der Waals surface area contributed by atoms with Crippen molar-refractivity contribution in [3.05, 3.63) is 65.7 Å². The first-order chi connectivity index (χ1) is 10.4. The van der Waals surface area contributed by atoms with Gasteiger partial charge in [-0.2, -0.15) is 0 Å². The molecule has 0 radical (unpaired) electrons. The zero-order valence-corrected chi connectivity index (χ0v) is 12.0. The number of ether oxygens (including phenoxy) is 2. The van der Waals surface area contributed by atoms with E-state index in [2.05, 4.69) is 12.1 Å². The van der Waals surface area contributed by atoms with Crippen molar-refractivity contribution in [2.24, 2.45) is 0 Å². The second-order valence-corrected chi connectivity index (χ2v) is 4.78. The maximum absolute atomic E-state index is 10.7. The Morgan fingerprint density at radius 2 is 1.71 bits per heavy atom. The predicted octanol–water partition coefficient (Wildman–Crippen LogP) is 3.87. The van der Waals surface area contributed by atoms with Gasteiger partial charge in [0.2, 0.25) is 0 Å². The van der Waals surface area contributed by atoms with E-state index in [0.29, 0.717) is 18.8 Å². The molecule has 0 heterocycles. The summed E-state index contributed by atoms with van der Waals surface area (Å²) in [5, 5.41) is 0. The fourth-order valence-corrected chi connectivity index (χ4v) is 1.94. The molecule has 3 nitrogen and oxygen atoms in total. The summed E-state index contributed by atoms with van der Waals surface area (Å²) in [6.07, 6.45) is 2.71. The van der Waals surface area contributed by atoms with E-state index in [4.69, 9.17) is 9.47 Å². The molecule has 2 aromatic carbocycles. The van der Waals surface area contributed by atoms with Gasteiger partial charge in [-0.15, -0.1) is 0 Å². The first kappa shape index (κ1) is 15.3. The summed E-state index contributed by atoms with van der Waals surface area (Å²) in [4.78, 5) is 10.7. The van der Waals surface area contributed by atoms with Crippen LogP contribution in [0, 0.1) is 0 Å². The lowest BCUT2D eigenvalue weighted by Crippen LogP contribution is -2.01. The topological polar surface area (TPSA) is 35.5 Å². The SMILES string of the molecule is O=Cc1cccc(OCCCCOCc2ccccc2)c1. The maximum Gasteiger partial charge on any atom is 0.150 e. The van der Waals surface area contributed by atoms with Gasteiger partial charge in [0, 0.05) is 12.2 Å². The molecule has 0 amide bonds. The highest BCUT2D eigenvalue weighted by Gasteiger charge is 1.97. The summed E-state index contributed by atoms with van der Waals surface area (Å²) in [5.41, 5.74) is 1.83. The van der Waals surface area contributed by atoms with Crippen molar-refractivity contribution in [1.29, 1.82) is 0 Å². The lowest BCUT2D eigenvalue weighted by Gasteiger charge is -2.07. The molecule has 0 aromatic heterocycles. The summed E-state index contributed by atoms with van der Waals surface area (Å²) in [6.45, 7) is 2.02. The minimum Gasteiger partial charge on any atom is -0.494 e. The van der Waals surface area contributed by atoms with E-state index in [1.165, 1.54) is 5.56 Å². The third-order valence-electron chi connectivity index (χ3n) is 3.06. The summed E-state index contributed by atoms with van der Waals surface area (Å²) in [6, 6.07) is 17.3. The van der Waals surface area contributed by atoms with Gasteiger partial charge in [0.25, 0.3) is 0 Å². The number of carbonyl (C=O) groups excluding carboxylic acids is 1. The molecule has 21 heavy (non-hydrogen) atoms. The van der Waals surface area contributed by atoms with Crippen LogP contribution in [0.5, 0.6) is 5.75 Å². The largest absolute Gasteiger partial charge is 0.494 e. The molecule has 0 aliphatic heterocycles.